The minimum atomic E-state index is -0.465. The van der Waals surface area contributed by atoms with Crippen LogP contribution in [0, 0.1) is 9.39 Å². The van der Waals surface area contributed by atoms with Crippen molar-refractivity contribution in [3.05, 3.63) is 51.9 Å². The zero-order valence-electron chi connectivity index (χ0n) is 10.4. The van der Waals surface area contributed by atoms with Gasteiger partial charge in [-0.25, -0.2) is 4.39 Å². The van der Waals surface area contributed by atoms with Crippen molar-refractivity contribution in [2.75, 3.05) is 17.7 Å². The fraction of sp³-hybridized carbons (Fsp3) is 0.0714. The number of carbonyl (C=O) groups excluding carboxylic acids is 1. The lowest BCUT2D eigenvalue weighted by Gasteiger charge is -2.10. The third-order valence-corrected chi connectivity index (χ3v) is 3.38. The number of anilines is 2. The Morgan fingerprint density at radius 3 is 2.80 bits per heavy atom. The van der Waals surface area contributed by atoms with Gasteiger partial charge in [0, 0.05) is 0 Å². The molecule has 6 heteroatoms. The normalized spacial score (nSPS) is 10.1. The Balaban J connectivity index is 1.96. The zero-order chi connectivity index (χ0) is 14.5. The zero-order valence-corrected chi connectivity index (χ0v) is 12.6. The van der Waals surface area contributed by atoms with Gasteiger partial charge in [0.1, 0.15) is 11.6 Å². The van der Waals surface area contributed by atoms with Crippen molar-refractivity contribution in [1.82, 2.24) is 0 Å². The van der Waals surface area contributed by atoms with E-state index in [4.69, 9.17) is 10.5 Å². The molecule has 1 amide bonds. The fourth-order valence-corrected chi connectivity index (χ4v) is 2.07. The van der Waals surface area contributed by atoms with Crippen molar-refractivity contribution in [2.24, 2.45) is 0 Å². The summed E-state index contributed by atoms with van der Waals surface area (Å²) < 4.78 is 19.4. The Hall–Kier alpha value is -1.83. The molecule has 4 nitrogen and oxygen atoms in total. The summed E-state index contributed by atoms with van der Waals surface area (Å²) in [5.74, 6) is -0.245. The fourth-order valence-electron chi connectivity index (χ4n) is 1.53. The number of carbonyl (C=O) groups is 1. The summed E-state index contributed by atoms with van der Waals surface area (Å²) in [5, 5.41) is 2.51. The topological polar surface area (TPSA) is 64.3 Å². The first-order valence-corrected chi connectivity index (χ1v) is 6.86. The molecule has 0 aliphatic rings. The van der Waals surface area contributed by atoms with Crippen LogP contribution in [0.25, 0.3) is 0 Å². The van der Waals surface area contributed by atoms with Gasteiger partial charge in [0.05, 0.1) is 14.9 Å². The molecule has 2 aromatic rings. The quantitative estimate of drug-likeness (QED) is 0.627. The van der Waals surface area contributed by atoms with E-state index in [1.54, 1.807) is 6.07 Å². The number of amides is 1. The second-order valence-corrected chi connectivity index (χ2v) is 5.16. The van der Waals surface area contributed by atoms with Gasteiger partial charge < -0.3 is 15.8 Å². The predicted molar refractivity (Wildman–Crippen MR) is 84.1 cm³/mol. The SMILES string of the molecule is Nc1ccc(F)cc1NC(=O)COc1ccccc1I. The Morgan fingerprint density at radius 2 is 2.05 bits per heavy atom. The molecular formula is C14H12FIN2O2. The predicted octanol–water partition coefficient (Wildman–Crippen LogP) is 3.03. The highest BCUT2D eigenvalue weighted by Crippen LogP contribution is 2.21. The van der Waals surface area contributed by atoms with Crippen molar-refractivity contribution in [3.8, 4) is 5.75 Å². The highest BCUT2D eigenvalue weighted by molar-refractivity contribution is 14.1. The maximum atomic E-state index is 13.1. The molecule has 3 N–H and O–H groups in total. The average molecular weight is 386 g/mol. The molecule has 2 rings (SSSR count). The maximum absolute atomic E-state index is 13.1. The van der Waals surface area contributed by atoms with E-state index >= 15 is 0 Å². The molecule has 0 aromatic heterocycles. The lowest BCUT2D eigenvalue weighted by atomic mass is 10.2. The van der Waals surface area contributed by atoms with E-state index < -0.39 is 11.7 Å². The van der Waals surface area contributed by atoms with Crippen LogP contribution in [-0.4, -0.2) is 12.5 Å². The third-order valence-electron chi connectivity index (χ3n) is 2.48. The van der Waals surface area contributed by atoms with E-state index in [-0.39, 0.29) is 12.3 Å². The van der Waals surface area contributed by atoms with E-state index in [2.05, 4.69) is 27.9 Å². The lowest BCUT2D eigenvalue weighted by Crippen LogP contribution is -2.21. The van der Waals surface area contributed by atoms with E-state index in [9.17, 15) is 9.18 Å². The summed E-state index contributed by atoms with van der Waals surface area (Å²) in [7, 11) is 0. The first-order chi connectivity index (χ1) is 9.56. The molecule has 0 radical (unpaired) electrons. The number of nitrogens with one attached hydrogen (secondary N) is 1. The number of para-hydroxylation sites is 1. The summed E-state index contributed by atoms with van der Waals surface area (Å²) in [6.45, 7) is -0.171. The second-order valence-electron chi connectivity index (χ2n) is 4.00. The number of ether oxygens (including phenoxy) is 1. The molecule has 0 saturated carbocycles. The Labute approximate surface area is 129 Å². The molecule has 0 heterocycles. The lowest BCUT2D eigenvalue weighted by molar-refractivity contribution is -0.118. The largest absolute Gasteiger partial charge is 0.483 e. The Bertz CT molecular complexity index is 634. The van der Waals surface area contributed by atoms with E-state index in [0.29, 0.717) is 11.4 Å². The van der Waals surface area contributed by atoms with Gasteiger partial charge in [-0.3, -0.25) is 4.79 Å². The molecule has 0 saturated heterocycles. The van der Waals surface area contributed by atoms with Crippen LogP contribution in [0.2, 0.25) is 0 Å². The van der Waals surface area contributed by atoms with Gasteiger partial charge in [0.2, 0.25) is 0 Å². The second kappa shape index (κ2) is 6.56. The highest BCUT2D eigenvalue weighted by Gasteiger charge is 2.08. The van der Waals surface area contributed by atoms with Crippen molar-refractivity contribution >= 4 is 39.9 Å². The number of rotatable bonds is 4. The maximum Gasteiger partial charge on any atom is 0.262 e. The number of nitrogen functional groups attached to an aromatic ring is 1. The van der Waals surface area contributed by atoms with Gasteiger partial charge in [-0.15, -0.1) is 0 Å². The molecule has 104 valence electrons. The van der Waals surface area contributed by atoms with Gasteiger partial charge in [0.15, 0.2) is 6.61 Å². The Morgan fingerprint density at radius 1 is 1.30 bits per heavy atom. The molecule has 0 aliphatic heterocycles. The van der Waals surface area contributed by atoms with Gasteiger partial charge in [0.25, 0.3) is 5.91 Å². The summed E-state index contributed by atoms with van der Waals surface area (Å²) in [6, 6.07) is 11.1. The van der Waals surface area contributed by atoms with Crippen LogP contribution in [0.15, 0.2) is 42.5 Å². The average Bonchev–Trinajstić information content (AvgIpc) is 2.42. The highest BCUT2D eigenvalue weighted by atomic mass is 127. The third kappa shape index (κ3) is 3.83. The van der Waals surface area contributed by atoms with Crippen LogP contribution >= 0.6 is 22.6 Å². The molecule has 20 heavy (non-hydrogen) atoms. The summed E-state index contributed by atoms with van der Waals surface area (Å²) in [4.78, 5) is 11.7. The smallest absolute Gasteiger partial charge is 0.262 e. The molecule has 0 bridgehead atoms. The summed E-state index contributed by atoms with van der Waals surface area (Å²) in [5.41, 5.74) is 6.18. The van der Waals surface area contributed by atoms with Gasteiger partial charge in [-0.05, 0) is 52.9 Å². The van der Waals surface area contributed by atoms with Crippen LogP contribution in [0.1, 0.15) is 0 Å². The molecule has 0 spiro atoms. The van der Waals surface area contributed by atoms with Gasteiger partial charge >= 0.3 is 0 Å². The van der Waals surface area contributed by atoms with Crippen LogP contribution in [0.4, 0.5) is 15.8 Å². The number of halogens is 2. The molecule has 0 atom stereocenters. The molecule has 0 aliphatic carbocycles. The van der Waals surface area contributed by atoms with Crippen LogP contribution in [0.5, 0.6) is 5.75 Å². The number of nitrogens with two attached hydrogens (primary N) is 1. The van der Waals surface area contributed by atoms with E-state index in [1.807, 2.05) is 18.2 Å². The van der Waals surface area contributed by atoms with Crippen molar-refractivity contribution in [3.63, 3.8) is 0 Å². The summed E-state index contributed by atoms with van der Waals surface area (Å²) >= 11 is 2.11. The van der Waals surface area contributed by atoms with Crippen molar-refractivity contribution in [1.29, 1.82) is 0 Å². The van der Waals surface area contributed by atoms with Crippen molar-refractivity contribution in [2.45, 2.75) is 0 Å². The van der Waals surface area contributed by atoms with E-state index in [1.165, 1.54) is 18.2 Å². The monoisotopic (exact) mass is 386 g/mol. The first kappa shape index (κ1) is 14.6. The Kier molecular flexibility index (Phi) is 4.78. The van der Waals surface area contributed by atoms with Crippen LogP contribution in [-0.2, 0) is 4.79 Å². The molecule has 0 fully saturated rings. The van der Waals surface area contributed by atoms with E-state index in [0.717, 1.165) is 3.57 Å². The first-order valence-electron chi connectivity index (χ1n) is 5.78. The van der Waals surface area contributed by atoms with Gasteiger partial charge in [-0.2, -0.15) is 0 Å². The molecule has 2 aromatic carbocycles. The van der Waals surface area contributed by atoms with Gasteiger partial charge in [-0.1, -0.05) is 12.1 Å². The summed E-state index contributed by atoms with van der Waals surface area (Å²) in [6.07, 6.45) is 0. The van der Waals surface area contributed by atoms with Crippen LogP contribution in [0.3, 0.4) is 0 Å². The number of hydrogen-bond donors (Lipinski definition) is 2. The molecule has 0 unspecified atom stereocenters. The minimum Gasteiger partial charge on any atom is -0.483 e. The minimum absolute atomic E-state index is 0.171. The number of benzene rings is 2. The number of hydrogen-bond acceptors (Lipinski definition) is 3. The van der Waals surface area contributed by atoms with Crippen molar-refractivity contribution < 1.29 is 13.9 Å². The standard InChI is InChI=1S/C14H12FIN2O2/c15-9-5-6-11(17)12(7-9)18-14(19)8-20-13-4-2-1-3-10(13)16/h1-7H,8,17H2,(H,18,19). The van der Waals surface area contributed by atoms with Crippen LogP contribution < -0.4 is 15.8 Å². The molecular weight excluding hydrogens is 374 g/mol.